The van der Waals surface area contributed by atoms with Gasteiger partial charge in [0.1, 0.15) is 9.54 Å². The molecule has 1 aliphatic rings. The third-order valence-corrected chi connectivity index (χ3v) is 5.03. The lowest BCUT2D eigenvalue weighted by Gasteiger charge is -2.31. The quantitative estimate of drug-likeness (QED) is 0.891. The Morgan fingerprint density at radius 1 is 1.53 bits per heavy atom. The van der Waals surface area contributed by atoms with Crippen LogP contribution in [0.1, 0.15) is 22.5 Å². The van der Waals surface area contributed by atoms with Crippen LogP contribution in [0.2, 0.25) is 0 Å². The largest absolute Gasteiger partial charge is 0.495 e. The van der Waals surface area contributed by atoms with Crippen LogP contribution in [-0.4, -0.2) is 44.1 Å². The van der Waals surface area contributed by atoms with Crippen LogP contribution >= 0.6 is 39.7 Å². The molecule has 2 heterocycles. The smallest absolute Gasteiger partial charge is 0.264 e. The van der Waals surface area contributed by atoms with Crippen molar-refractivity contribution >= 4 is 45.6 Å². The number of ether oxygens (including phenoxy) is 1. The van der Waals surface area contributed by atoms with Gasteiger partial charge in [0.25, 0.3) is 5.91 Å². The predicted molar refractivity (Wildman–Crippen MR) is 83.8 cm³/mol. The third-order valence-electron chi connectivity index (χ3n) is 3.26. The van der Waals surface area contributed by atoms with Crippen molar-refractivity contribution in [1.82, 2.24) is 10.2 Å². The van der Waals surface area contributed by atoms with Gasteiger partial charge >= 0.3 is 0 Å². The molecule has 7 heteroatoms. The minimum atomic E-state index is 0. The second kappa shape index (κ2) is 7.47. The van der Waals surface area contributed by atoms with Gasteiger partial charge in [-0.3, -0.25) is 4.79 Å². The zero-order valence-corrected chi connectivity index (χ0v) is 14.2. The van der Waals surface area contributed by atoms with Gasteiger partial charge < -0.3 is 15.0 Å². The highest BCUT2D eigenvalue weighted by Gasteiger charge is 2.24. The molecule has 0 radical (unpaired) electrons. The number of hydrogen-bond acceptors (Lipinski definition) is 4. The van der Waals surface area contributed by atoms with E-state index in [1.54, 1.807) is 13.2 Å². The lowest BCUT2D eigenvalue weighted by atomic mass is 10.1. The standard InChI is InChI=1S/C12H17BrN2O2S.ClH/c1-15(8-3-5-14-6-4-8)12(16)10-7-9(17-2)11(13)18-10;/h7-8,14H,3-6H2,1-2H3;1H. The molecule has 0 bridgehead atoms. The van der Waals surface area contributed by atoms with Gasteiger partial charge in [0, 0.05) is 19.2 Å². The summed E-state index contributed by atoms with van der Waals surface area (Å²) in [7, 11) is 3.50. The van der Waals surface area contributed by atoms with Gasteiger partial charge in [0.15, 0.2) is 0 Å². The molecule has 0 saturated carbocycles. The van der Waals surface area contributed by atoms with E-state index in [4.69, 9.17) is 4.74 Å². The fourth-order valence-electron chi connectivity index (χ4n) is 2.13. The number of nitrogens with zero attached hydrogens (tertiary/aromatic N) is 1. The summed E-state index contributed by atoms with van der Waals surface area (Å²) in [5, 5.41) is 3.31. The highest BCUT2D eigenvalue weighted by molar-refractivity contribution is 9.11. The minimum absolute atomic E-state index is 0. The molecule has 0 aromatic carbocycles. The highest BCUT2D eigenvalue weighted by atomic mass is 79.9. The molecule has 0 spiro atoms. The molecule has 108 valence electrons. The summed E-state index contributed by atoms with van der Waals surface area (Å²) >= 11 is 4.83. The Kier molecular flexibility index (Phi) is 6.59. The van der Waals surface area contributed by atoms with Crippen molar-refractivity contribution in [2.45, 2.75) is 18.9 Å². The van der Waals surface area contributed by atoms with Crippen LogP contribution in [0.4, 0.5) is 0 Å². The number of amides is 1. The van der Waals surface area contributed by atoms with Crippen LogP contribution in [0.25, 0.3) is 0 Å². The van der Waals surface area contributed by atoms with Crippen molar-refractivity contribution in [3.63, 3.8) is 0 Å². The van der Waals surface area contributed by atoms with Crippen LogP contribution in [0.15, 0.2) is 9.85 Å². The molecule has 1 aromatic rings. The molecule has 2 rings (SSSR count). The molecule has 1 aromatic heterocycles. The minimum Gasteiger partial charge on any atom is -0.495 e. The molecule has 1 N–H and O–H groups in total. The maximum Gasteiger partial charge on any atom is 0.264 e. The number of piperidine rings is 1. The lowest BCUT2D eigenvalue weighted by molar-refractivity contribution is 0.0708. The molecule has 1 saturated heterocycles. The zero-order chi connectivity index (χ0) is 13.1. The van der Waals surface area contributed by atoms with Crippen molar-refractivity contribution in [2.24, 2.45) is 0 Å². The van der Waals surface area contributed by atoms with E-state index in [-0.39, 0.29) is 18.3 Å². The normalized spacial score (nSPS) is 15.7. The average Bonchev–Trinajstić information content (AvgIpc) is 2.79. The highest BCUT2D eigenvalue weighted by Crippen LogP contribution is 2.35. The lowest BCUT2D eigenvalue weighted by Crippen LogP contribution is -2.43. The summed E-state index contributed by atoms with van der Waals surface area (Å²) in [4.78, 5) is 14.9. The summed E-state index contributed by atoms with van der Waals surface area (Å²) < 4.78 is 6.05. The van der Waals surface area contributed by atoms with Gasteiger partial charge in [0.05, 0.1) is 12.0 Å². The fraction of sp³-hybridized carbons (Fsp3) is 0.583. The van der Waals surface area contributed by atoms with Crippen molar-refractivity contribution in [3.05, 3.63) is 14.7 Å². The van der Waals surface area contributed by atoms with Crippen molar-refractivity contribution in [1.29, 1.82) is 0 Å². The number of carbonyl (C=O) groups is 1. The zero-order valence-electron chi connectivity index (χ0n) is 10.9. The monoisotopic (exact) mass is 368 g/mol. The number of hydrogen-bond donors (Lipinski definition) is 1. The number of halogens is 2. The Hall–Kier alpha value is -0.300. The second-order valence-corrected chi connectivity index (χ2v) is 6.72. The van der Waals surface area contributed by atoms with Gasteiger partial charge in [-0.25, -0.2) is 0 Å². The van der Waals surface area contributed by atoms with Crippen molar-refractivity contribution in [3.8, 4) is 5.75 Å². The first-order chi connectivity index (χ1) is 8.63. The number of methoxy groups -OCH3 is 1. The fourth-order valence-corrected chi connectivity index (χ4v) is 3.76. The Labute approximate surface area is 132 Å². The number of thiophene rings is 1. The van der Waals surface area contributed by atoms with Crippen molar-refractivity contribution in [2.75, 3.05) is 27.2 Å². The van der Waals surface area contributed by atoms with E-state index in [9.17, 15) is 4.79 Å². The second-order valence-electron chi connectivity index (χ2n) is 4.35. The van der Waals surface area contributed by atoms with Gasteiger partial charge in [-0.15, -0.1) is 23.7 Å². The molecule has 0 atom stereocenters. The summed E-state index contributed by atoms with van der Waals surface area (Å²) in [6, 6.07) is 2.14. The van der Waals surface area contributed by atoms with Gasteiger partial charge in [-0.1, -0.05) is 0 Å². The molecule has 0 unspecified atom stereocenters. The van der Waals surface area contributed by atoms with Crippen LogP contribution in [0.5, 0.6) is 5.75 Å². The molecule has 1 fully saturated rings. The molecule has 1 amide bonds. The molecular weight excluding hydrogens is 352 g/mol. The van der Waals surface area contributed by atoms with Gasteiger partial charge in [0.2, 0.25) is 0 Å². The molecule has 19 heavy (non-hydrogen) atoms. The Morgan fingerprint density at radius 2 is 2.16 bits per heavy atom. The Morgan fingerprint density at radius 3 is 2.68 bits per heavy atom. The van der Waals surface area contributed by atoms with E-state index in [0.717, 1.165) is 40.3 Å². The van der Waals surface area contributed by atoms with E-state index in [2.05, 4.69) is 21.2 Å². The topological polar surface area (TPSA) is 41.6 Å². The third kappa shape index (κ3) is 3.84. The van der Waals surface area contributed by atoms with Gasteiger partial charge in [-0.2, -0.15) is 0 Å². The summed E-state index contributed by atoms with van der Waals surface area (Å²) in [5.74, 6) is 0.804. The number of nitrogens with one attached hydrogen (secondary N) is 1. The summed E-state index contributed by atoms with van der Waals surface area (Å²) in [5.41, 5.74) is 0. The van der Waals surface area contributed by atoms with Crippen LogP contribution in [0.3, 0.4) is 0 Å². The molecular formula is C12H18BrClN2O2S. The maximum absolute atomic E-state index is 12.4. The van der Waals surface area contributed by atoms with Crippen molar-refractivity contribution < 1.29 is 9.53 Å². The predicted octanol–water partition coefficient (Wildman–Crippen LogP) is 2.77. The van der Waals surface area contributed by atoms with E-state index in [1.807, 2.05) is 11.9 Å². The number of rotatable bonds is 3. The summed E-state index contributed by atoms with van der Waals surface area (Å²) in [6.07, 6.45) is 2.04. The van der Waals surface area contributed by atoms with E-state index < -0.39 is 0 Å². The molecule has 4 nitrogen and oxygen atoms in total. The first-order valence-electron chi connectivity index (χ1n) is 5.94. The van der Waals surface area contributed by atoms with E-state index in [0.29, 0.717) is 6.04 Å². The Bertz CT molecular complexity index is 435. The van der Waals surface area contributed by atoms with Gasteiger partial charge in [-0.05, 0) is 41.9 Å². The molecule has 0 aliphatic carbocycles. The maximum atomic E-state index is 12.4. The van der Waals surface area contributed by atoms with Crippen LogP contribution in [0, 0.1) is 0 Å². The Balaban J connectivity index is 0.00000180. The molecule has 1 aliphatic heterocycles. The first kappa shape index (κ1) is 16.8. The van der Waals surface area contributed by atoms with Crippen LogP contribution < -0.4 is 10.1 Å². The first-order valence-corrected chi connectivity index (χ1v) is 7.55. The number of carbonyl (C=O) groups excluding carboxylic acids is 1. The summed E-state index contributed by atoms with van der Waals surface area (Å²) in [6.45, 7) is 1.97. The van der Waals surface area contributed by atoms with E-state index >= 15 is 0 Å². The SMILES string of the molecule is COc1cc(C(=O)N(C)C2CCNCC2)sc1Br.Cl. The van der Waals surface area contributed by atoms with E-state index in [1.165, 1.54) is 11.3 Å². The average molecular weight is 370 g/mol. The van der Waals surface area contributed by atoms with Crippen LogP contribution in [-0.2, 0) is 0 Å².